The number of hydrogen-bond donors (Lipinski definition) is 0. The van der Waals surface area contributed by atoms with Gasteiger partial charge in [0, 0.05) is 11.6 Å². The van der Waals surface area contributed by atoms with Crippen LogP contribution in [0.3, 0.4) is 0 Å². The average Bonchev–Trinajstić information content (AvgIpc) is 3.40. The van der Waals surface area contributed by atoms with Gasteiger partial charge in [0.1, 0.15) is 5.75 Å². The van der Waals surface area contributed by atoms with Crippen LogP contribution in [0.15, 0.2) is 36.4 Å². The van der Waals surface area contributed by atoms with Crippen LogP contribution in [-0.4, -0.2) is 36.8 Å². The first-order chi connectivity index (χ1) is 14.5. The van der Waals surface area contributed by atoms with E-state index in [1.807, 2.05) is 50.2 Å². The van der Waals surface area contributed by atoms with Crippen molar-refractivity contribution in [3.05, 3.63) is 52.5 Å². The third kappa shape index (κ3) is 4.61. The number of nitrogens with zero attached hydrogens (tertiary/aromatic N) is 2. The minimum absolute atomic E-state index is 0.0115. The first kappa shape index (κ1) is 21.1. The van der Waals surface area contributed by atoms with E-state index in [4.69, 9.17) is 26.1 Å². The van der Waals surface area contributed by atoms with E-state index >= 15 is 0 Å². The maximum atomic E-state index is 13.3. The number of hydrogen-bond acceptors (Lipinski definition) is 5. The molecule has 3 aromatic rings. The number of carbonyl (C=O) groups is 1. The van der Waals surface area contributed by atoms with Gasteiger partial charge in [-0.2, -0.15) is 0 Å². The summed E-state index contributed by atoms with van der Waals surface area (Å²) in [5, 5.41) is 1.38. The lowest BCUT2D eigenvalue weighted by molar-refractivity contribution is -0.118. The van der Waals surface area contributed by atoms with Gasteiger partial charge < -0.3 is 9.47 Å². The monoisotopic (exact) mass is 444 g/mol. The Balaban J connectivity index is 1.60. The van der Waals surface area contributed by atoms with Gasteiger partial charge in [-0.25, -0.2) is 4.98 Å². The number of aromatic nitrogens is 1. The van der Waals surface area contributed by atoms with Crippen LogP contribution < -0.4 is 9.64 Å². The topological polar surface area (TPSA) is 51.7 Å². The summed E-state index contributed by atoms with van der Waals surface area (Å²) < 4.78 is 12.3. The molecule has 0 spiro atoms. The van der Waals surface area contributed by atoms with Gasteiger partial charge in [0.25, 0.3) is 0 Å². The molecule has 1 saturated heterocycles. The van der Waals surface area contributed by atoms with Gasteiger partial charge in [0.15, 0.2) is 5.13 Å². The van der Waals surface area contributed by atoms with Crippen LogP contribution in [0.2, 0.25) is 5.02 Å². The van der Waals surface area contributed by atoms with Crippen LogP contribution in [0.4, 0.5) is 5.13 Å². The second kappa shape index (κ2) is 9.33. The van der Waals surface area contributed by atoms with Crippen molar-refractivity contribution in [2.45, 2.75) is 39.2 Å². The van der Waals surface area contributed by atoms with Crippen LogP contribution in [0.5, 0.6) is 5.75 Å². The van der Waals surface area contributed by atoms with Gasteiger partial charge in [-0.1, -0.05) is 35.1 Å². The fraction of sp³-hybridized carbons (Fsp3) is 0.391. The van der Waals surface area contributed by atoms with Crippen LogP contribution in [0.1, 0.15) is 30.9 Å². The molecular weight excluding hydrogens is 420 g/mol. The maximum absolute atomic E-state index is 13.3. The van der Waals surface area contributed by atoms with Gasteiger partial charge in [0.05, 0.1) is 35.9 Å². The van der Waals surface area contributed by atoms with Crippen LogP contribution in [-0.2, 0) is 16.0 Å². The Hall–Kier alpha value is -2.15. The molecule has 30 heavy (non-hydrogen) atoms. The predicted octanol–water partition coefficient (Wildman–Crippen LogP) is 5.41. The number of thiazole rings is 1. The fourth-order valence-corrected chi connectivity index (χ4v) is 4.83. The summed E-state index contributed by atoms with van der Waals surface area (Å²) in [5.74, 6) is 0.820. The number of ether oxygens (including phenoxy) is 2. The van der Waals surface area contributed by atoms with E-state index in [2.05, 4.69) is 0 Å². The molecule has 1 fully saturated rings. The van der Waals surface area contributed by atoms with E-state index < -0.39 is 0 Å². The number of amides is 1. The van der Waals surface area contributed by atoms with E-state index in [-0.39, 0.29) is 12.0 Å². The lowest BCUT2D eigenvalue weighted by Gasteiger charge is -2.23. The van der Waals surface area contributed by atoms with Gasteiger partial charge >= 0.3 is 0 Å². The molecule has 1 aliphatic heterocycles. The van der Waals surface area contributed by atoms with E-state index in [1.54, 1.807) is 4.90 Å². The van der Waals surface area contributed by atoms with Gasteiger partial charge in [-0.05, 0) is 62.1 Å². The van der Waals surface area contributed by atoms with Gasteiger partial charge in [-0.3, -0.25) is 9.69 Å². The number of halogens is 1. The van der Waals surface area contributed by atoms with Crippen molar-refractivity contribution >= 4 is 44.2 Å². The maximum Gasteiger partial charge on any atom is 0.233 e. The second-order valence-electron chi connectivity index (χ2n) is 7.41. The Labute approximate surface area is 185 Å². The molecule has 1 amide bonds. The first-order valence-electron chi connectivity index (χ1n) is 10.2. The molecule has 0 saturated carbocycles. The molecule has 5 nitrogen and oxygen atoms in total. The largest absolute Gasteiger partial charge is 0.494 e. The lowest BCUT2D eigenvalue weighted by atomic mass is 10.1. The van der Waals surface area contributed by atoms with Crippen molar-refractivity contribution in [1.82, 2.24) is 4.98 Å². The SMILES string of the molecule is CCOc1ccc(CC(=O)N(CC2CCCO2)c2nc3c(C)c(Cl)ccc3s2)cc1. The zero-order valence-corrected chi connectivity index (χ0v) is 18.8. The summed E-state index contributed by atoms with van der Waals surface area (Å²) in [4.78, 5) is 19.9. The van der Waals surface area contributed by atoms with E-state index in [0.29, 0.717) is 29.7 Å². The van der Waals surface area contributed by atoms with E-state index in [9.17, 15) is 4.79 Å². The van der Waals surface area contributed by atoms with Crippen LogP contribution in [0, 0.1) is 6.92 Å². The molecule has 2 heterocycles. The van der Waals surface area contributed by atoms with Crippen molar-refractivity contribution in [1.29, 1.82) is 0 Å². The molecule has 2 aromatic carbocycles. The smallest absolute Gasteiger partial charge is 0.233 e. The predicted molar refractivity (Wildman–Crippen MR) is 122 cm³/mol. The van der Waals surface area contributed by atoms with Crippen molar-refractivity contribution in [3.8, 4) is 5.75 Å². The Morgan fingerprint density at radius 3 is 2.80 bits per heavy atom. The quantitative estimate of drug-likeness (QED) is 0.488. The summed E-state index contributed by atoms with van der Waals surface area (Å²) in [6.45, 7) is 5.80. The minimum Gasteiger partial charge on any atom is -0.494 e. The molecular formula is C23H25ClN2O3S. The zero-order chi connectivity index (χ0) is 21.1. The molecule has 1 unspecified atom stereocenters. The second-order valence-corrected chi connectivity index (χ2v) is 8.82. The fourth-order valence-electron chi connectivity index (χ4n) is 3.62. The van der Waals surface area contributed by atoms with Crippen molar-refractivity contribution in [3.63, 3.8) is 0 Å². The lowest BCUT2D eigenvalue weighted by Crippen LogP contribution is -2.38. The normalized spacial score (nSPS) is 16.2. The molecule has 1 atom stereocenters. The summed E-state index contributed by atoms with van der Waals surface area (Å²) in [5.41, 5.74) is 2.74. The Morgan fingerprint density at radius 1 is 1.30 bits per heavy atom. The molecule has 158 valence electrons. The summed E-state index contributed by atoms with van der Waals surface area (Å²) in [6, 6.07) is 11.5. The summed E-state index contributed by atoms with van der Waals surface area (Å²) in [6.07, 6.45) is 2.34. The molecule has 4 rings (SSSR count). The molecule has 0 bridgehead atoms. The molecule has 0 aliphatic carbocycles. The summed E-state index contributed by atoms with van der Waals surface area (Å²) >= 11 is 7.79. The third-order valence-corrected chi connectivity index (χ3v) is 6.72. The highest BCUT2D eigenvalue weighted by molar-refractivity contribution is 7.22. The van der Waals surface area contributed by atoms with E-state index in [0.717, 1.165) is 46.5 Å². The molecule has 0 radical (unpaired) electrons. The number of anilines is 1. The number of fused-ring (bicyclic) bond motifs is 1. The van der Waals surface area contributed by atoms with Crippen LogP contribution in [0.25, 0.3) is 10.2 Å². The highest BCUT2D eigenvalue weighted by atomic mass is 35.5. The number of benzene rings is 2. The Kier molecular flexibility index (Phi) is 6.56. The first-order valence-corrected chi connectivity index (χ1v) is 11.4. The zero-order valence-electron chi connectivity index (χ0n) is 17.2. The third-order valence-electron chi connectivity index (χ3n) is 5.27. The van der Waals surface area contributed by atoms with Crippen molar-refractivity contribution < 1.29 is 14.3 Å². The minimum atomic E-state index is 0.0115. The Morgan fingerprint density at radius 2 is 2.10 bits per heavy atom. The van der Waals surface area contributed by atoms with Gasteiger partial charge in [0.2, 0.25) is 5.91 Å². The highest BCUT2D eigenvalue weighted by Gasteiger charge is 2.26. The molecule has 0 N–H and O–H groups in total. The number of rotatable bonds is 7. The Bertz CT molecular complexity index is 1030. The van der Waals surface area contributed by atoms with Crippen molar-refractivity contribution in [2.24, 2.45) is 0 Å². The number of aryl methyl sites for hydroxylation is 1. The number of carbonyl (C=O) groups excluding carboxylic acids is 1. The molecule has 1 aliphatic rings. The van der Waals surface area contributed by atoms with Crippen LogP contribution >= 0.6 is 22.9 Å². The molecule has 7 heteroatoms. The standard InChI is InChI=1S/C23H25ClN2O3S/c1-3-28-17-8-6-16(7-9-17)13-21(27)26(14-18-5-4-12-29-18)23-25-22-15(2)19(24)10-11-20(22)30-23/h6-11,18H,3-5,12-14H2,1-2H3. The van der Waals surface area contributed by atoms with E-state index in [1.165, 1.54) is 11.3 Å². The van der Waals surface area contributed by atoms with Gasteiger partial charge in [-0.15, -0.1) is 0 Å². The molecule has 1 aromatic heterocycles. The average molecular weight is 445 g/mol. The van der Waals surface area contributed by atoms with Crippen molar-refractivity contribution in [2.75, 3.05) is 24.7 Å². The summed E-state index contributed by atoms with van der Waals surface area (Å²) in [7, 11) is 0. The highest BCUT2D eigenvalue weighted by Crippen LogP contribution is 2.34.